The number of nitrogen functional groups attached to an aromatic ring is 1. The lowest BCUT2D eigenvalue weighted by molar-refractivity contribution is -0.136. The average molecular weight is 244 g/mol. The Morgan fingerprint density at radius 1 is 1.54 bits per heavy atom. The largest absolute Gasteiger partial charge is 0.481 e. The molecule has 0 spiro atoms. The molecule has 0 aliphatic heterocycles. The summed E-state index contributed by atoms with van der Waals surface area (Å²) < 4.78 is 0.815. The first kappa shape index (κ1) is 10.1. The first-order chi connectivity index (χ1) is 6.11. The predicted molar refractivity (Wildman–Crippen MR) is 54.5 cm³/mol. The van der Waals surface area contributed by atoms with Crippen LogP contribution in [0.15, 0.2) is 22.7 Å². The molecule has 70 valence electrons. The van der Waals surface area contributed by atoms with Gasteiger partial charge in [-0.2, -0.15) is 0 Å². The minimum absolute atomic E-state index is 0.112. The molecule has 0 fully saturated rings. The molecular weight excluding hydrogens is 234 g/mol. The second-order valence-electron chi connectivity index (χ2n) is 2.71. The number of carbonyl (C=O) groups is 1. The van der Waals surface area contributed by atoms with Gasteiger partial charge in [0.25, 0.3) is 0 Å². The molecule has 0 bridgehead atoms. The van der Waals surface area contributed by atoms with Crippen molar-refractivity contribution in [2.75, 3.05) is 5.73 Å². The average Bonchev–Trinajstić information content (AvgIpc) is 2.07. The molecule has 13 heavy (non-hydrogen) atoms. The summed E-state index contributed by atoms with van der Waals surface area (Å²) in [6, 6.07) is 5.51. The number of rotatable bonds is 3. The van der Waals surface area contributed by atoms with Crippen molar-refractivity contribution in [1.29, 1.82) is 0 Å². The zero-order valence-electron chi connectivity index (χ0n) is 6.96. The lowest BCUT2D eigenvalue weighted by atomic mass is 10.1. The maximum Gasteiger partial charge on any atom is 0.303 e. The van der Waals surface area contributed by atoms with Crippen LogP contribution in [0.3, 0.4) is 0 Å². The molecular formula is C9H10BrNO2. The van der Waals surface area contributed by atoms with Crippen LogP contribution in [0.5, 0.6) is 0 Å². The molecule has 0 amide bonds. The number of para-hydroxylation sites is 1. The number of hydrogen-bond donors (Lipinski definition) is 2. The Kier molecular flexibility index (Phi) is 3.31. The van der Waals surface area contributed by atoms with Gasteiger partial charge >= 0.3 is 5.97 Å². The van der Waals surface area contributed by atoms with E-state index in [0.29, 0.717) is 12.1 Å². The normalized spacial score (nSPS) is 9.92. The Hall–Kier alpha value is -1.03. The number of hydrogen-bond acceptors (Lipinski definition) is 2. The number of aliphatic carboxylic acids is 1. The quantitative estimate of drug-likeness (QED) is 0.800. The zero-order valence-corrected chi connectivity index (χ0v) is 8.54. The monoisotopic (exact) mass is 243 g/mol. The van der Waals surface area contributed by atoms with Gasteiger partial charge in [0, 0.05) is 16.6 Å². The van der Waals surface area contributed by atoms with Crippen molar-refractivity contribution in [3.63, 3.8) is 0 Å². The van der Waals surface area contributed by atoms with Crippen molar-refractivity contribution >= 4 is 27.6 Å². The standard InChI is InChI=1S/C9H10BrNO2/c10-7-3-1-2-6(9(7)11)4-5-8(12)13/h1-3H,4-5,11H2,(H,12,13). The van der Waals surface area contributed by atoms with E-state index in [-0.39, 0.29) is 6.42 Å². The topological polar surface area (TPSA) is 63.3 Å². The van der Waals surface area contributed by atoms with E-state index in [1.165, 1.54) is 0 Å². The van der Waals surface area contributed by atoms with Gasteiger partial charge in [0.2, 0.25) is 0 Å². The zero-order chi connectivity index (χ0) is 9.84. The van der Waals surface area contributed by atoms with Gasteiger partial charge in [0.1, 0.15) is 0 Å². The second-order valence-corrected chi connectivity index (χ2v) is 3.56. The molecule has 0 saturated heterocycles. The molecule has 0 aromatic heterocycles. The SMILES string of the molecule is Nc1c(Br)cccc1CCC(=O)O. The van der Waals surface area contributed by atoms with Crippen LogP contribution in [0.2, 0.25) is 0 Å². The highest BCUT2D eigenvalue weighted by Gasteiger charge is 2.04. The molecule has 0 unspecified atom stereocenters. The van der Waals surface area contributed by atoms with E-state index in [1.807, 2.05) is 18.2 Å². The van der Waals surface area contributed by atoms with E-state index in [1.54, 1.807) is 0 Å². The molecule has 1 rings (SSSR count). The van der Waals surface area contributed by atoms with Crippen LogP contribution in [-0.4, -0.2) is 11.1 Å². The highest BCUT2D eigenvalue weighted by atomic mass is 79.9. The summed E-state index contributed by atoms with van der Waals surface area (Å²) in [5, 5.41) is 8.48. The van der Waals surface area contributed by atoms with Crippen LogP contribution in [0.1, 0.15) is 12.0 Å². The molecule has 0 aliphatic carbocycles. The van der Waals surface area contributed by atoms with Gasteiger partial charge in [-0.15, -0.1) is 0 Å². The van der Waals surface area contributed by atoms with E-state index in [2.05, 4.69) is 15.9 Å². The molecule has 0 atom stereocenters. The summed E-state index contributed by atoms with van der Waals surface area (Å²) >= 11 is 3.28. The molecule has 0 aliphatic rings. The van der Waals surface area contributed by atoms with Crippen LogP contribution in [-0.2, 0) is 11.2 Å². The fourth-order valence-electron chi connectivity index (χ4n) is 1.04. The van der Waals surface area contributed by atoms with Gasteiger partial charge < -0.3 is 10.8 Å². The molecule has 0 radical (unpaired) electrons. The van der Waals surface area contributed by atoms with Crippen molar-refractivity contribution < 1.29 is 9.90 Å². The third-order valence-electron chi connectivity index (χ3n) is 1.75. The maximum absolute atomic E-state index is 10.3. The number of benzene rings is 1. The molecule has 3 N–H and O–H groups in total. The van der Waals surface area contributed by atoms with Crippen molar-refractivity contribution in [1.82, 2.24) is 0 Å². The summed E-state index contributed by atoms with van der Waals surface area (Å²) in [5.41, 5.74) is 7.23. The van der Waals surface area contributed by atoms with Crippen molar-refractivity contribution in [2.45, 2.75) is 12.8 Å². The lowest BCUT2D eigenvalue weighted by Gasteiger charge is -2.04. The second kappa shape index (κ2) is 4.28. The third kappa shape index (κ3) is 2.73. The summed E-state index contributed by atoms with van der Waals surface area (Å²) in [6.45, 7) is 0. The number of carboxylic acids is 1. The fourth-order valence-corrected chi connectivity index (χ4v) is 1.45. The first-order valence-electron chi connectivity index (χ1n) is 3.86. The molecule has 3 nitrogen and oxygen atoms in total. The molecule has 1 aromatic carbocycles. The van der Waals surface area contributed by atoms with Gasteiger partial charge in [-0.05, 0) is 34.0 Å². The van der Waals surface area contributed by atoms with E-state index in [0.717, 1.165) is 10.0 Å². The molecule has 1 aromatic rings. The van der Waals surface area contributed by atoms with Crippen molar-refractivity contribution in [2.24, 2.45) is 0 Å². The molecule has 0 heterocycles. The highest BCUT2D eigenvalue weighted by molar-refractivity contribution is 9.10. The van der Waals surface area contributed by atoms with Crippen LogP contribution in [0.25, 0.3) is 0 Å². The fraction of sp³-hybridized carbons (Fsp3) is 0.222. The lowest BCUT2D eigenvalue weighted by Crippen LogP contribution is -2.00. The Bertz CT molecular complexity index is 325. The highest BCUT2D eigenvalue weighted by Crippen LogP contribution is 2.23. The third-order valence-corrected chi connectivity index (χ3v) is 2.44. The van der Waals surface area contributed by atoms with Gasteiger partial charge in [0.05, 0.1) is 0 Å². The predicted octanol–water partition coefficient (Wildman–Crippen LogP) is 2.05. The molecule has 0 saturated carbocycles. The minimum Gasteiger partial charge on any atom is -0.481 e. The maximum atomic E-state index is 10.3. The Morgan fingerprint density at radius 3 is 2.85 bits per heavy atom. The summed E-state index contributed by atoms with van der Waals surface area (Å²) in [6.07, 6.45) is 0.585. The Balaban J connectivity index is 2.77. The minimum atomic E-state index is -0.806. The van der Waals surface area contributed by atoms with Gasteiger partial charge in [-0.1, -0.05) is 12.1 Å². The van der Waals surface area contributed by atoms with Crippen molar-refractivity contribution in [3.05, 3.63) is 28.2 Å². The van der Waals surface area contributed by atoms with Crippen LogP contribution >= 0.6 is 15.9 Å². The van der Waals surface area contributed by atoms with E-state index in [4.69, 9.17) is 10.8 Å². The van der Waals surface area contributed by atoms with E-state index < -0.39 is 5.97 Å². The van der Waals surface area contributed by atoms with Crippen molar-refractivity contribution in [3.8, 4) is 0 Å². The number of carboxylic acid groups (broad SMARTS) is 1. The summed E-state index contributed by atoms with van der Waals surface area (Å²) in [5.74, 6) is -0.806. The van der Waals surface area contributed by atoms with E-state index in [9.17, 15) is 4.79 Å². The summed E-state index contributed by atoms with van der Waals surface area (Å²) in [4.78, 5) is 10.3. The number of nitrogens with two attached hydrogens (primary N) is 1. The van der Waals surface area contributed by atoms with Crippen LogP contribution in [0.4, 0.5) is 5.69 Å². The first-order valence-corrected chi connectivity index (χ1v) is 4.65. The van der Waals surface area contributed by atoms with E-state index >= 15 is 0 Å². The number of aryl methyl sites for hydroxylation is 1. The van der Waals surface area contributed by atoms with Gasteiger partial charge in [-0.3, -0.25) is 4.79 Å². The van der Waals surface area contributed by atoms with Crippen LogP contribution in [0, 0.1) is 0 Å². The summed E-state index contributed by atoms with van der Waals surface area (Å²) in [7, 11) is 0. The number of halogens is 1. The number of anilines is 1. The smallest absolute Gasteiger partial charge is 0.303 e. The Labute approximate surface area is 84.7 Å². The van der Waals surface area contributed by atoms with Crippen LogP contribution < -0.4 is 5.73 Å². The van der Waals surface area contributed by atoms with Gasteiger partial charge in [-0.25, -0.2) is 0 Å². The van der Waals surface area contributed by atoms with Gasteiger partial charge in [0.15, 0.2) is 0 Å². The molecule has 4 heteroatoms. The Morgan fingerprint density at radius 2 is 2.23 bits per heavy atom.